The topological polar surface area (TPSA) is 95.6 Å². The van der Waals surface area contributed by atoms with Gasteiger partial charge in [-0.3, -0.25) is 9.59 Å². The molecule has 0 aliphatic carbocycles. The molecule has 2 aliphatic rings. The molecule has 0 radical (unpaired) electrons. The number of anilines is 2. The Kier molecular flexibility index (Phi) is 6.76. The Balaban J connectivity index is 1.53. The second-order valence-electron chi connectivity index (χ2n) is 8.72. The van der Waals surface area contributed by atoms with Gasteiger partial charge in [-0.1, -0.05) is 12.1 Å². The van der Waals surface area contributed by atoms with Crippen molar-refractivity contribution in [2.45, 2.75) is 18.9 Å². The number of methoxy groups -OCH3 is 3. The van der Waals surface area contributed by atoms with Crippen molar-refractivity contribution in [1.82, 2.24) is 0 Å². The van der Waals surface area contributed by atoms with Gasteiger partial charge >= 0.3 is 0 Å². The van der Waals surface area contributed by atoms with E-state index in [1.54, 1.807) is 49.5 Å². The van der Waals surface area contributed by atoms with Crippen molar-refractivity contribution in [2.75, 3.05) is 38.3 Å². The minimum absolute atomic E-state index is 0.0780. The summed E-state index contributed by atoms with van der Waals surface area (Å²) < 4.78 is 27.1. The molecule has 5 rings (SSSR count). The van der Waals surface area contributed by atoms with E-state index < -0.39 is 12.0 Å². The molecule has 0 bridgehead atoms. The number of carbonyl (C=O) groups is 2. The van der Waals surface area contributed by atoms with E-state index in [0.29, 0.717) is 46.5 Å². The first-order valence-corrected chi connectivity index (χ1v) is 11.9. The number of piperidine rings is 1. The standard InChI is InChI=1S/C28H28N2O7/c1-33-19-7-4-17(5-8-19)27-21(28(32)29-22-11-9-20(34-2)15-24(22)35-3)10-13-26(31)30(27)18-6-12-23-25(14-18)37-16-36-23/h4-9,11-12,14-15,21,27H,10,13,16H2,1-3H3,(H,29,32)/t21-,27-/m1/s1. The third-order valence-electron chi connectivity index (χ3n) is 6.69. The monoisotopic (exact) mass is 504 g/mol. The molecule has 0 unspecified atom stereocenters. The summed E-state index contributed by atoms with van der Waals surface area (Å²) >= 11 is 0. The molecule has 3 aromatic carbocycles. The number of nitrogens with one attached hydrogen (secondary N) is 1. The van der Waals surface area contributed by atoms with Crippen LogP contribution in [0.15, 0.2) is 60.7 Å². The van der Waals surface area contributed by atoms with Gasteiger partial charge in [-0.05, 0) is 48.4 Å². The Labute approximate surface area is 214 Å². The molecule has 37 heavy (non-hydrogen) atoms. The molecule has 0 spiro atoms. The van der Waals surface area contributed by atoms with E-state index in [2.05, 4.69) is 5.32 Å². The van der Waals surface area contributed by atoms with Crippen molar-refractivity contribution in [1.29, 1.82) is 0 Å². The van der Waals surface area contributed by atoms with Gasteiger partial charge in [-0.15, -0.1) is 0 Å². The number of carbonyl (C=O) groups excluding carboxylic acids is 2. The zero-order valence-corrected chi connectivity index (χ0v) is 20.9. The normalized spacial score (nSPS) is 18.4. The summed E-state index contributed by atoms with van der Waals surface area (Å²) in [6.45, 7) is 0.128. The van der Waals surface area contributed by atoms with Crippen LogP contribution in [-0.4, -0.2) is 39.9 Å². The van der Waals surface area contributed by atoms with Gasteiger partial charge in [0.15, 0.2) is 11.5 Å². The number of amides is 2. The number of ether oxygens (including phenoxy) is 5. The molecule has 2 heterocycles. The van der Waals surface area contributed by atoms with Gasteiger partial charge in [-0.2, -0.15) is 0 Å². The minimum atomic E-state index is -0.559. The lowest BCUT2D eigenvalue weighted by Gasteiger charge is -2.41. The molecule has 9 heteroatoms. The number of rotatable bonds is 7. The fourth-order valence-electron chi connectivity index (χ4n) is 4.82. The third-order valence-corrected chi connectivity index (χ3v) is 6.69. The molecule has 0 aromatic heterocycles. The van der Waals surface area contributed by atoms with E-state index in [4.69, 9.17) is 23.7 Å². The zero-order valence-electron chi connectivity index (χ0n) is 20.9. The van der Waals surface area contributed by atoms with Gasteiger partial charge in [0.05, 0.1) is 39.0 Å². The number of nitrogens with zero attached hydrogens (tertiary/aromatic N) is 1. The minimum Gasteiger partial charge on any atom is -0.497 e. The molecule has 0 saturated carbocycles. The van der Waals surface area contributed by atoms with Crippen LogP contribution >= 0.6 is 0 Å². The average molecular weight is 505 g/mol. The molecule has 1 saturated heterocycles. The number of fused-ring (bicyclic) bond motifs is 1. The van der Waals surface area contributed by atoms with Gasteiger partial charge in [0.25, 0.3) is 0 Å². The summed E-state index contributed by atoms with van der Waals surface area (Å²) in [6, 6.07) is 17.4. The van der Waals surface area contributed by atoms with Crippen molar-refractivity contribution in [3.8, 4) is 28.7 Å². The smallest absolute Gasteiger partial charge is 0.231 e. The summed E-state index contributed by atoms with van der Waals surface area (Å²) in [7, 11) is 4.69. The van der Waals surface area contributed by atoms with Crippen molar-refractivity contribution >= 4 is 23.2 Å². The van der Waals surface area contributed by atoms with Crippen molar-refractivity contribution in [3.05, 3.63) is 66.2 Å². The molecule has 192 valence electrons. The predicted molar refractivity (Wildman–Crippen MR) is 137 cm³/mol. The van der Waals surface area contributed by atoms with Gasteiger partial charge in [-0.25, -0.2) is 0 Å². The number of hydrogen-bond acceptors (Lipinski definition) is 7. The first-order chi connectivity index (χ1) is 18.0. The number of benzene rings is 3. The molecule has 2 amide bonds. The molecular weight excluding hydrogens is 476 g/mol. The first kappa shape index (κ1) is 24.3. The van der Waals surface area contributed by atoms with Crippen LogP contribution < -0.4 is 33.9 Å². The van der Waals surface area contributed by atoms with Gasteiger partial charge < -0.3 is 33.9 Å². The lowest BCUT2D eigenvalue weighted by molar-refractivity contribution is -0.125. The van der Waals surface area contributed by atoms with Gasteiger partial charge in [0.1, 0.15) is 17.2 Å². The van der Waals surface area contributed by atoms with Gasteiger partial charge in [0, 0.05) is 24.2 Å². The highest BCUT2D eigenvalue weighted by molar-refractivity contribution is 6.01. The van der Waals surface area contributed by atoms with E-state index in [1.807, 2.05) is 30.3 Å². The van der Waals surface area contributed by atoms with Crippen LogP contribution in [-0.2, 0) is 9.59 Å². The molecule has 2 aliphatic heterocycles. The summed E-state index contributed by atoms with van der Waals surface area (Å²) in [6.07, 6.45) is 0.611. The second-order valence-corrected chi connectivity index (χ2v) is 8.72. The lowest BCUT2D eigenvalue weighted by atomic mass is 9.83. The Morgan fingerprint density at radius 2 is 1.62 bits per heavy atom. The fraction of sp³-hybridized carbons (Fsp3) is 0.286. The van der Waals surface area contributed by atoms with Crippen molar-refractivity contribution in [2.24, 2.45) is 5.92 Å². The van der Waals surface area contributed by atoms with E-state index in [1.165, 1.54) is 7.11 Å². The largest absolute Gasteiger partial charge is 0.497 e. The van der Waals surface area contributed by atoms with E-state index in [9.17, 15) is 9.59 Å². The Morgan fingerprint density at radius 1 is 0.892 bits per heavy atom. The summed E-state index contributed by atoms with van der Waals surface area (Å²) in [5, 5.41) is 3.01. The van der Waals surface area contributed by atoms with Crippen LogP contribution in [0.3, 0.4) is 0 Å². The molecule has 1 N–H and O–H groups in total. The maximum atomic E-state index is 13.8. The van der Waals surface area contributed by atoms with Crippen LogP contribution in [0.4, 0.5) is 11.4 Å². The predicted octanol–water partition coefficient (Wildman–Crippen LogP) is 4.56. The Bertz CT molecular complexity index is 1310. The highest BCUT2D eigenvalue weighted by atomic mass is 16.7. The quantitative estimate of drug-likeness (QED) is 0.504. The highest BCUT2D eigenvalue weighted by Crippen LogP contribution is 2.44. The summed E-state index contributed by atoms with van der Waals surface area (Å²) in [5.74, 6) is 2.13. The fourth-order valence-corrected chi connectivity index (χ4v) is 4.82. The first-order valence-electron chi connectivity index (χ1n) is 11.9. The average Bonchev–Trinajstić information content (AvgIpc) is 3.41. The Hall–Kier alpha value is -4.40. The van der Waals surface area contributed by atoms with E-state index >= 15 is 0 Å². The highest BCUT2D eigenvalue weighted by Gasteiger charge is 2.42. The van der Waals surface area contributed by atoms with Crippen molar-refractivity contribution < 1.29 is 33.3 Å². The van der Waals surface area contributed by atoms with E-state index in [0.717, 1.165) is 5.56 Å². The molecule has 3 aromatic rings. The SMILES string of the molecule is COc1ccc([C@@H]2[C@H](C(=O)Nc3ccc(OC)cc3OC)CCC(=O)N2c2ccc3c(c2)OCO3)cc1. The van der Waals surface area contributed by atoms with Crippen LogP contribution in [0.25, 0.3) is 0 Å². The molecule has 9 nitrogen and oxygen atoms in total. The Morgan fingerprint density at radius 3 is 2.35 bits per heavy atom. The van der Waals surface area contributed by atoms with Crippen LogP contribution in [0.5, 0.6) is 28.7 Å². The molecular formula is C28H28N2O7. The van der Waals surface area contributed by atoms with Gasteiger partial charge in [0.2, 0.25) is 18.6 Å². The maximum absolute atomic E-state index is 13.8. The molecule has 2 atom stereocenters. The van der Waals surface area contributed by atoms with E-state index in [-0.39, 0.29) is 25.0 Å². The lowest BCUT2D eigenvalue weighted by Crippen LogP contribution is -2.47. The summed E-state index contributed by atoms with van der Waals surface area (Å²) in [4.78, 5) is 28.8. The summed E-state index contributed by atoms with van der Waals surface area (Å²) in [5.41, 5.74) is 1.97. The second kappa shape index (κ2) is 10.3. The van der Waals surface area contributed by atoms with Crippen molar-refractivity contribution in [3.63, 3.8) is 0 Å². The third kappa shape index (κ3) is 4.72. The van der Waals surface area contributed by atoms with Crippen LogP contribution in [0, 0.1) is 5.92 Å². The molecule has 1 fully saturated rings. The maximum Gasteiger partial charge on any atom is 0.231 e. The van der Waals surface area contributed by atoms with Crippen LogP contribution in [0.1, 0.15) is 24.4 Å². The van der Waals surface area contributed by atoms with Crippen LogP contribution in [0.2, 0.25) is 0 Å². The number of hydrogen-bond donors (Lipinski definition) is 1. The zero-order chi connectivity index (χ0) is 25.9.